The molecule has 1 aromatic heterocycles. The third-order valence-electron chi connectivity index (χ3n) is 4.73. The van der Waals surface area contributed by atoms with Crippen molar-refractivity contribution in [2.45, 2.75) is 17.1 Å². The number of halogens is 1. The molecule has 9 heteroatoms. The number of ether oxygens (including phenoxy) is 1. The van der Waals surface area contributed by atoms with Gasteiger partial charge in [-0.15, -0.1) is 11.8 Å². The van der Waals surface area contributed by atoms with E-state index < -0.39 is 5.82 Å². The highest BCUT2D eigenvalue weighted by Gasteiger charge is 2.17. The molecule has 0 aliphatic carbocycles. The Morgan fingerprint density at radius 2 is 1.76 bits per heavy atom. The van der Waals surface area contributed by atoms with Gasteiger partial charge in [0.05, 0.1) is 22.6 Å². The maximum Gasteiger partial charge on any atom is 0.255 e. The largest absolute Gasteiger partial charge is 0.497 e. The van der Waals surface area contributed by atoms with Gasteiger partial charge in [-0.2, -0.15) is 0 Å². The van der Waals surface area contributed by atoms with Crippen LogP contribution in [0.15, 0.2) is 71.6 Å². The van der Waals surface area contributed by atoms with Gasteiger partial charge >= 0.3 is 0 Å². The lowest BCUT2D eigenvalue weighted by atomic mass is 10.2. The van der Waals surface area contributed by atoms with E-state index in [1.54, 1.807) is 19.2 Å². The third-order valence-corrected chi connectivity index (χ3v) is 6.77. The molecule has 4 rings (SSSR count). The van der Waals surface area contributed by atoms with E-state index >= 15 is 0 Å². The van der Waals surface area contributed by atoms with Crippen LogP contribution in [0, 0.1) is 5.82 Å². The Balaban J connectivity index is 1.34. The summed E-state index contributed by atoms with van der Waals surface area (Å²) < 4.78 is 19.2. The molecule has 1 heterocycles. The van der Waals surface area contributed by atoms with E-state index in [1.165, 1.54) is 47.4 Å². The molecule has 0 fully saturated rings. The Morgan fingerprint density at radius 1 is 1.03 bits per heavy atom. The van der Waals surface area contributed by atoms with Gasteiger partial charge in [0.1, 0.15) is 11.6 Å². The SMILES string of the molecule is COc1ccc2nc(NC(=O)C(C)Sc3ccc(NC(=O)c4ccc(F)cc4)cc3)sc2c1. The van der Waals surface area contributed by atoms with E-state index in [4.69, 9.17) is 4.74 Å². The number of carbonyl (C=O) groups is 2. The Labute approximate surface area is 198 Å². The van der Waals surface area contributed by atoms with Crippen LogP contribution in [0.5, 0.6) is 5.75 Å². The Hall–Kier alpha value is -3.43. The van der Waals surface area contributed by atoms with Gasteiger partial charge in [-0.3, -0.25) is 9.59 Å². The van der Waals surface area contributed by atoms with Crippen molar-refractivity contribution >= 4 is 55.9 Å². The molecule has 3 aromatic carbocycles. The van der Waals surface area contributed by atoms with Crippen molar-refractivity contribution in [3.63, 3.8) is 0 Å². The van der Waals surface area contributed by atoms with E-state index in [-0.39, 0.29) is 17.1 Å². The number of fused-ring (bicyclic) bond motifs is 1. The average molecular weight is 482 g/mol. The van der Waals surface area contributed by atoms with Crippen LogP contribution in [0.2, 0.25) is 0 Å². The summed E-state index contributed by atoms with van der Waals surface area (Å²) in [5.74, 6) is -0.129. The van der Waals surface area contributed by atoms with Crippen LogP contribution in [0.25, 0.3) is 10.2 Å². The first-order valence-electron chi connectivity index (χ1n) is 10.0. The minimum absolute atomic E-state index is 0.153. The highest BCUT2D eigenvalue weighted by molar-refractivity contribution is 8.00. The predicted molar refractivity (Wildman–Crippen MR) is 131 cm³/mol. The number of aromatic nitrogens is 1. The molecule has 6 nitrogen and oxygen atoms in total. The Morgan fingerprint density at radius 3 is 2.45 bits per heavy atom. The number of rotatable bonds is 7. The fourth-order valence-corrected chi connectivity index (χ4v) is 4.74. The normalized spacial score (nSPS) is 11.7. The number of methoxy groups -OCH3 is 1. The Bertz CT molecular complexity index is 1290. The molecular weight excluding hydrogens is 461 g/mol. The topological polar surface area (TPSA) is 80.3 Å². The second-order valence-electron chi connectivity index (χ2n) is 7.09. The van der Waals surface area contributed by atoms with Gasteiger partial charge in [0.15, 0.2) is 5.13 Å². The molecule has 0 saturated heterocycles. The molecule has 2 amide bonds. The number of hydrogen-bond donors (Lipinski definition) is 2. The van der Waals surface area contributed by atoms with Gasteiger partial charge < -0.3 is 15.4 Å². The lowest BCUT2D eigenvalue weighted by molar-refractivity contribution is -0.115. The van der Waals surface area contributed by atoms with Gasteiger partial charge in [-0.1, -0.05) is 11.3 Å². The number of benzene rings is 3. The second kappa shape index (κ2) is 10.0. The van der Waals surface area contributed by atoms with E-state index in [0.29, 0.717) is 16.4 Å². The predicted octanol–water partition coefficient (Wildman–Crippen LogP) is 5.82. The monoisotopic (exact) mass is 481 g/mol. The van der Waals surface area contributed by atoms with Crippen molar-refractivity contribution in [1.82, 2.24) is 4.98 Å². The van der Waals surface area contributed by atoms with Crippen molar-refractivity contribution in [2.75, 3.05) is 17.7 Å². The van der Waals surface area contributed by atoms with Gasteiger partial charge in [0.25, 0.3) is 5.91 Å². The molecular formula is C24H20FN3O3S2. The highest BCUT2D eigenvalue weighted by atomic mass is 32.2. The van der Waals surface area contributed by atoms with Crippen molar-refractivity contribution in [3.8, 4) is 5.75 Å². The molecule has 33 heavy (non-hydrogen) atoms. The fraction of sp³-hybridized carbons (Fsp3) is 0.125. The second-order valence-corrected chi connectivity index (χ2v) is 9.53. The smallest absolute Gasteiger partial charge is 0.255 e. The van der Waals surface area contributed by atoms with E-state index in [1.807, 2.05) is 37.3 Å². The molecule has 2 N–H and O–H groups in total. The van der Waals surface area contributed by atoms with Gasteiger partial charge in [0.2, 0.25) is 5.91 Å². The molecule has 0 saturated carbocycles. The van der Waals surface area contributed by atoms with Crippen molar-refractivity contribution in [3.05, 3.63) is 78.1 Å². The quantitative estimate of drug-likeness (QED) is 0.325. The number of thiazole rings is 1. The zero-order chi connectivity index (χ0) is 23.4. The van der Waals surface area contributed by atoms with E-state index in [9.17, 15) is 14.0 Å². The lowest BCUT2D eigenvalue weighted by Crippen LogP contribution is -2.22. The molecule has 4 aromatic rings. The summed E-state index contributed by atoms with van der Waals surface area (Å²) in [6, 6.07) is 18.1. The van der Waals surface area contributed by atoms with Crippen LogP contribution in [0.1, 0.15) is 17.3 Å². The number of nitrogens with zero attached hydrogens (tertiary/aromatic N) is 1. The number of nitrogens with one attached hydrogen (secondary N) is 2. The summed E-state index contributed by atoms with van der Waals surface area (Å²) in [5, 5.41) is 5.82. The maximum atomic E-state index is 13.0. The third kappa shape index (κ3) is 5.68. The first-order chi connectivity index (χ1) is 15.9. The van der Waals surface area contributed by atoms with Gasteiger partial charge in [0, 0.05) is 16.1 Å². The standard InChI is InChI=1S/C24H20FN3O3S2/c1-14(22(29)28-24-27-20-12-9-18(31-2)13-21(20)33-24)32-19-10-7-17(8-11-19)26-23(30)15-3-5-16(25)6-4-15/h3-14H,1-2H3,(H,26,30)(H,27,28,29). The minimum Gasteiger partial charge on any atom is -0.497 e. The van der Waals surface area contributed by atoms with Crippen LogP contribution in [-0.4, -0.2) is 29.2 Å². The first kappa shape index (κ1) is 22.8. The molecule has 0 aliphatic heterocycles. The number of anilines is 2. The van der Waals surface area contributed by atoms with Crippen molar-refractivity contribution in [2.24, 2.45) is 0 Å². The van der Waals surface area contributed by atoms with Crippen molar-refractivity contribution in [1.29, 1.82) is 0 Å². The molecule has 1 unspecified atom stereocenters. The number of thioether (sulfide) groups is 1. The summed E-state index contributed by atoms with van der Waals surface area (Å²) in [5.41, 5.74) is 1.78. The van der Waals surface area contributed by atoms with Crippen LogP contribution >= 0.6 is 23.1 Å². The summed E-state index contributed by atoms with van der Waals surface area (Å²) in [6.07, 6.45) is 0. The zero-order valence-electron chi connectivity index (χ0n) is 17.8. The Kier molecular flexibility index (Phi) is 6.90. The highest BCUT2D eigenvalue weighted by Crippen LogP contribution is 2.30. The minimum atomic E-state index is -0.394. The molecule has 1 atom stereocenters. The maximum absolute atomic E-state index is 13.0. The van der Waals surface area contributed by atoms with Crippen LogP contribution < -0.4 is 15.4 Å². The first-order valence-corrected chi connectivity index (χ1v) is 11.7. The number of hydrogen-bond acceptors (Lipinski definition) is 6. The van der Waals surface area contributed by atoms with Crippen LogP contribution in [0.3, 0.4) is 0 Å². The molecule has 0 spiro atoms. The summed E-state index contributed by atoms with van der Waals surface area (Å²) in [6.45, 7) is 1.82. The molecule has 0 aliphatic rings. The van der Waals surface area contributed by atoms with E-state index in [2.05, 4.69) is 15.6 Å². The van der Waals surface area contributed by atoms with Crippen LogP contribution in [-0.2, 0) is 4.79 Å². The van der Waals surface area contributed by atoms with Crippen LogP contribution in [0.4, 0.5) is 15.2 Å². The van der Waals surface area contributed by atoms with E-state index in [0.717, 1.165) is 20.9 Å². The zero-order valence-corrected chi connectivity index (χ0v) is 19.4. The molecule has 0 radical (unpaired) electrons. The van der Waals surface area contributed by atoms with Gasteiger partial charge in [-0.05, 0) is 73.7 Å². The summed E-state index contributed by atoms with van der Waals surface area (Å²) >= 11 is 2.79. The van der Waals surface area contributed by atoms with Crippen molar-refractivity contribution < 1.29 is 18.7 Å². The fourth-order valence-electron chi connectivity index (χ4n) is 2.97. The van der Waals surface area contributed by atoms with Gasteiger partial charge in [-0.25, -0.2) is 9.37 Å². The molecule has 0 bridgehead atoms. The average Bonchev–Trinajstić information content (AvgIpc) is 3.22. The number of carbonyl (C=O) groups excluding carboxylic acids is 2. The lowest BCUT2D eigenvalue weighted by Gasteiger charge is -2.11. The number of amides is 2. The molecule has 168 valence electrons. The summed E-state index contributed by atoms with van der Waals surface area (Å²) in [7, 11) is 1.61. The summed E-state index contributed by atoms with van der Waals surface area (Å²) in [4.78, 5) is 30.2.